The van der Waals surface area contributed by atoms with Crippen molar-refractivity contribution in [2.24, 2.45) is 0 Å². The van der Waals surface area contributed by atoms with Gasteiger partial charge >= 0.3 is 52.4 Å². The van der Waals surface area contributed by atoms with Crippen molar-refractivity contribution in [3.63, 3.8) is 0 Å². The number of ether oxygens (including phenoxy) is 1. The minimum atomic E-state index is 0.0833. The molecule has 1 nitrogen and oxygen atoms in total. The van der Waals surface area contributed by atoms with Crippen LogP contribution in [0.25, 0.3) is 0 Å². The number of hydrogen-bond donors (Lipinski definition) is 0. The van der Waals surface area contributed by atoms with Crippen LogP contribution in [0, 0.1) is 0 Å². The van der Waals surface area contributed by atoms with Crippen molar-refractivity contribution in [1.82, 2.24) is 0 Å². The molecule has 0 aliphatic carbocycles. The molecular weight excluding hydrogens is 83.0 g/mol. The van der Waals surface area contributed by atoms with Crippen LogP contribution in [-0.4, -0.2) is 22.0 Å². The quantitative estimate of drug-likeness (QED) is 0.400. The van der Waals surface area contributed by atoms with Gasteiger partial charge in [0, 0.05) is 0 Å². The number of hydrogen-bond acceptors (Lipinski definition) is 1. The molecule has 0 spiro atoms. The van der Waals surface area contributed by atoms with Crippen molar-refractivity contribution in [2.45, 2.75) is 17.6 Å². The average molecular weight is 90.1 g/mol. The van der Waals surface area contributed by atoms with Crippen LogP contribution in [0.2, 0.25) is 0 Å². The van der Waals surface area contributed by atoms with E-state index in [4.69, 9.17) is 4.74 Å². The molecule has 0 aromatic carbocycles. The average Bonchev–Trinajstić information content (AvgIpc) is 1.84. The van der Waals surface area contributed by atoms with Crippen LogP contribution in [0.5, 0.6) is 0 Å². The van der Waals surface area contributed by atoms with E-state index in [1.807, 2.05) is 6.08 Å². The summed E-state index contributed by atoms with van der Waals surface area (Å²) >= 11 is 2.08. The van der Waals surface area contributed by atoms with Gasteiger partial charge in [-0.05, 0) is 0 Å². The molecule has 0 bridgehead atoms. The van der Waals surface area contributed by atoms with E-state index >= 15 is 0 Å². The fourth-order valence-corrected chi connectivity index (χ4v) is 0.612. The zero-order valence-electron chi connectivity index (χ0n) is 4.77. The van der Waals surface area contributed by atoms with Gasteiger partial charge in [0.2, 0.25) is 0 Å². The summed E-state index contributed by atoms with van der Waals surface area (Å²) in [6.07, 6.45) is 4.85. The molecule has 0 aromatic rings. The van der Waals surface area contributed by atoms with Crippen LogP contribution >= 0.6 is 0 Å². The maximum atomic E-state index is 5.16. The Labute approximate surface area is 52.9 Å². The van der Waals surface area contributed by atoms with Crippen molar-refractivity contribution in [2.75, 3.05) is 0 Å². The monoisotopic (exact) mass is 90.1 g/mol. The minimum absolute atomic E-state index is 0.0833. The Morgan fingerprint density at radius 2 is 2.57 bits per heavy atom. The molecule has 1 atom stereocenters. The topological polar surface area (TPSA) is 9.23 Å². The SMILES string of the molecule is [Li][C]1(C)CC=CO1. The van der Waals surface area contributed by atoms with Gasteiger partial charge in [-0.1, -0.05) is 0 Å². The zero-order valence-corrected chi connectivity index (χ0v) is 4.77. The zero-order chi connectivity index (χ0) is 5.33. The molecule has 34 valence electrons. The van der Waals surface area contributed by atoms with Crippen LogP contribution in [0.4, 0.5) is 0 Å². The van der Waals surface area contributed by atoms with Gasteiger partial charge in [0.15, 0.2) is 0 Å². The fraction of sp³-hybridized carbons (Fsp3) is 0.600. The van der Waals surface area contributed by atoms with E-state index < -0.39 is 0 Å². The first kappa shape index (κ1) is 5.28. The molecular formula is C5H7LiO. The first-order chi connectivity index (χ1) is 3.21. The summed E-state index contributed by atoms with van der Waals surface area (Å²) < 4.78 is 5.24. The Hall–Kier alpha value is 0.137. The van der Waals surface area contributed by atoms with Crippen molar-refractivity contribution >= 4 is 17.7 Å². The van der Waals surface area contributed by atoms with Crippen molar-refractivity contribution in [3.05, 3.63) is 12.3 Å². The van der Waals surface area contributed by atoms with Gasteiger partial charge in [-0.25, -0.2) is 0 Å². The third-order valence-corrected chi connectivity index (χ3v) is 1.09. The second-order valence-corrected chi connectivity index (χ2v) is 2.45. The summed E-state index contributed by atoms with van der Waals surface area (Å²) in [6, 6.07) is 0. The third kappa shape index (κ3) is 1.26. The number of rotatable bonds is 0. The summed E-state index contributed by atoms with van der Waals surface area (Å²) in [6.45, 7) is 2.08. The van der Waals surface area contributed by atoms with Gasteiger partial charge < -0.3 is 0 Å². The van der Waals surface area contributed by atoms with Crippen LogP contribution in [0.1, 0.15) is 13.3 Å². The molecule has 0 fully saturated rings. The summed E-state index contributed by atoms with van der Waals surface area (Å²) in [7, 11) is 0. The Bertz CT molecular complexity index is 86.3. The van der Waals surface area contributed by atoms with Gasteiger partial charge in [0.1, 0.15) is 0 Å². The van der Waals surface area contributed by atoms with Gasteiger partial charge in [0.25, 0.3) is 0 Å². The second-order valence-electron chi connectivity index (χ2n) is 2.45. The van der Waals surface area contributed by atoms with Gasteiger partial charge in [-0.3, -0.25) is 0 Å². The van der Waals surface area contributed by atoms with Crippen LogP contribution in [0.3, 0.4) is 0 Å². The molecule has 0 radical (unpaired) electrons. The summed E-state index contributed by atoms with van der Waals surface area (Å²) in [4.78, 5) is 0. The standard InChI is InChI=1S/C5H7O.Li/c1-5-3-2-4-6-5;/h2,4H,3H2,1H3;. The molecule has 0 aromatic heterocycles. The Balaban J connectivity index is 2.49. The normalized spacial score (nSPS) is 38.7. The molecule has 0 amide bonds. The van der Waals surface area contributed by atoms with Crippen LogP contribution in [-0.2, 0) is 4.74 Å². The van der Waals surface area contributed by atoms with Crippen LogP contribution < -0.4 is 0 Å². The first-order valence-electron chi connectivity index (χ1n) is 2.53. The Kier molecular flexibility index (Phi) is 1.19. The van der Waals surface area contributed by atoms with E-state index in [1.165, 1.54) is 0 Å². The van der Waals surface area contributed by atoms with Crippen LogP contribution in [0.15, 0.2) is 12.3 Å². The van der Waals surface area contributed by atoms with Crippen molar-refractivity contribution in [3.8, 4) is 0 Å². The van der Waals surface area contributed by atoms with E-state index in [0.717, 1.165) is 6.42 Å². The van der Waals surface area contributed by atoms with E-state index in [9.17, 15) is 0 Å². The van der Waals surface area contributed by atoms with E-state index in [-0.39, 0.29) is 4.27 Å². The molecule has 1 aliphatic rings. The van der Waals surface area contributed by atoms with Crippen molar-refractivity contribution in [1.29, 1.82) is 0 Å². The Morgan fingerprint density at radius 1 is 1.86 bits per heavy atom. The van der Waals surface area contributed by atoms with Gasteiger partial charge in [-0.2, -0.15) is 0 Å². The molecule has 0 saturated carbocycles. The predicted molar refractivity (Wildman–Crippen MR) is 29.0 cm³/mol. The molecule has 1 rings (SSSR count). The molecule has 1 aliphatic heterocycles. The third-order valence-electron chi connectivity index (χ3n) is 1.09. The molecule has 0 N–H and O–H groups in total. The summed E-state index contributed by atoms with van der Waals surface area (Å²) in [5, 5.41) is 0. The second kappa shape index (κ2) is 1.58. The summed E-state index contributed by atoms with van der Waals surface area (Å²) in [5.41, 5.74) is 0. The van der Waals surface area contributed by atoms with E-state index in [0.29, 0.717) is 0 Å². The van der Waals surface area contributed by atoms with Crippen molar-refractivity contribution < 1.29 is 4.74 Å². The van der Waals surface area contributed by atoms with E-state index in [1.54, 1.807) is 6.26 Å². The Morgan fingerprint density at radius 3 is 2.71 bits per heavy atom. The maximum absolute atomic E-state index is 5.16. The first-order valence-corrected chi connectivity index (χ1v) is 2.53. The molecule has 1 unspecified atom stereocenters. The molecule has 2 heteroatoms. The van der Waals surface area contributed by atoms with E-state index in [2.05, 4.69) is 24.6 Å². The molecule has 0 saturated heterocycles. The molecule has 7 heavy (non-hydrogen) atoms. The summed E-state index contributed by atoms with van der Waals surface area (Å²) in [5.74, 6) is 0. The van der Waals surface area contributed by atoms with Gasteiger partial charge in [-0.15, -0.1) is 0 Å². The molecule has 1 heterocycles. The van der Waals surface area contributed by atoms with Gasteiger partial charge in [0.05, 0.1) is 0 Å². The fourth-order valence-electron chi connectivity index (χ4n) is 0.612. The predicted octanol–water partition coefficient (Wildman–Crippen LogP) is 0.805.